The number of hydrogen-bond donors (Lipinski definition) is 2. The Balaban J connectivity index is 1.70. The largest absolute Gasteiger partial charge is 0.459 e. The minimum atomic E-state index is -0.631. The van der Waals surface area contributed by atoms with Crippen LogP contribution in [0.5, 0.6) is 0 Å². The number of carbonyl (C=O) groups excluding carboxylic acids is 2. The van der Waals surface area contributed by atoms with Crippen molar-refractivity contribution in [3.05, 3.63) is 83.2 Å². The summed E-state index contributed by atoms with van der Waals surface area (Å²) < 4.78 is 24.0. The first-order valence-corrected chi connectivity index (χ1v) is 8.53. The van der Waals surface area contributed by atoms with Gasteiger partial charge in [0.15, 0.2) is 5.76 Å². The SMILES string of the molecule is O=C(Nc1c(C(=O)Nc2ccc(F)c(Cl)c2)oc2ccccc12)c1ccco1. The Bertz CT molecular complexity index is 1180. The van der Waals surface area contributed by atoms with Crippen LogP contribution >= 0.6 is 11.6 Å². The zero-order chi connectivity index (χ0) is 19.7. The summed E-state index contributed by atoms with van der Waals surface area (Å²) in [6.45, 7) is 0. The minimum absolute atomic E-state index is 0.0851. The number of para-hydroxylation sites is 1. The van der Waals surface area contributed by atoms with Gasteiger partial charge in [-0.3, -0.25) is 9.59 Å². The number of carbonyl (C=O) groups is 2. The van der Waals surface area contributed by atoms with E-state index in [9.17, 15) is 14.0 Å². The molecule has 0 atom stereocenters. The Hall–Kier alpha value is -3.58. The van der Waals surface area contributed by atoms with E-state index in [2.05, 4.69) is 10.6 Å². The molecule has 0 fully saturated rings. The Morgan fingerprint density at radius 1 is 0.964 bits per heavy atom. The summed E-state index contributed by atoms with van der Waals surface area (Å²) >= 11 is 5.75. The maximum absolute atomic E-state index is 13.3. The molecule has 0 spiro atoms. The van der Waals surface area contributed by atoms with Crippen LogP contribution in [-0.2, 0) is 0 Å². The fourth-order valence-electron chi connectivity index (χ4n) is 2.67. The lowest BCUT2D eigenvalue weighted by atomic mass is 10.2. The van der Waals surface area contributed by atoms with E-state index in [4.69, 9.17) is 20.4 Å². The van der Waals surface area contributed by atoms with Crippen molar-refractivity contribution in [2.75, 3.05) is 10.6 Å². The van der Waals surface area contributed by atoms with Gasteiger partial charge in [-0.05, 0) is 42.5 Å². The zero-order valence-electron chi connectivity index (χ0n) is 14.2. The molecule has 2 N–H and O–H groups in total. The molecule has 2 aromatic carbocycles. The van der Waals surface area contributed by atoms with Crippen LogP contribution in [0.15, 0.2) is 69.7 Å². The molecule has 0 saturated carbocycles. The molecular formula is C20H12ClFN2O4. The fourth-order valence-corrected chi connectivity index (χ4v) is 2.85. The van der Waals surface area contributed by atoms with Gasteiger partial charge in [0.1, 0.15) is 17.1 Å². The Morgan fingerprint density at radius 3 is 2.54 bits per heavy atom. The second-order valence-electron chi connectivity index (χ2n) is 5.82. The van der Waals surface area contributed by atoms with Gasteiger partial charge in [0.05, 0.1) is 11.3 Å². The summed E-state index contributed by atoms with van der Waals surface area (Å²) in [5.74, 6) is -1.79. The molecule has 4 aromatic rings. The number of hydrogen-bond acceptors (Lipinski definition) is 4. The van der Waals surface area contributed by atoms with Crippen LogP contribution in [0.4, 0.5) is 15.8 Å². The van der Waals surface area contributed by atoms with Crippen molar-refractivity contribution in [1.82, 2.24) is 0 Å². The van der Waals surface area contributed by atoms with E-state index in [1.165, 1.54) is 24.5 Å². The van der Waals surface area contributed by atoms with Gasteiger partial charge < -0.3 is 19.5 Å². The van der Waals surface area contributed by atoms with Gasteiger partial charge in [0.2, 0.25) is 5.76 Å². The number of halogens is 2. The highest BCUT2D eigenvalue weighted by molar-refractivity contribution is 6.31. The molecule has 0 aliphatic carbocycles. The maximum Gasteiger partial charge on any atom is 0.293 e. The molecule has 8 heteroatoms. The summed E-state index contributed by atoms with van der Waals surface area (Å²) in [7, 11) is 0. The lowest BCUT2D eigenvalue weighted by Crippen LogP contribution is -2.16. The molecular weight excluding hydrogens is 387 g/mol. The van der Waals surface area contributed by atoms with Crippen molar-refractivity contribution < 1.29 is 22.8 Å². The van der Waals surface area contributed by atoms with Crippen molar-refractivity contribution in [2.24, 2.45) is 0 Å². The van der Waals surface area contributed by atoms with Crippen LogP contribution < -0.4 is 10.6 Å². The van der Waals surface area contributed by atoms with Crippen molar-refractivity contribution in [2.45, 2.75) is 0 Å². The molecule has 4 rings (SSSR count). The lowest BCUT2D eigenvalue weighted by molar-refractivity contribution is 0.0996. The Labute approximate surface area is 162 Å². The third kappa shape index (κ3) is 3.35. The topological polar surface area (TPSA) is 84.5 Å². The van der Waals surface area contributed by atoms with Gasteiger partial charge in [-0.25, -0.2) is 4.39 Å². The number of rotatable bonds is 4. The van der Waals surface area contributed by atoms with Crippen LogP contribution in [0.1, 0.15) is 21.1 Å². The molecule has 140 valence electrons. The second kappa shape index (κ2) is 7.21. The molecule has 28 heavy (non-hydrogen) atoms. The minimum Gasteiger partial charge on any atom is -0.459 e. The lowest BCUT2D eigenvalue weighted by Gasteiger charge is -2.07. The third-order valence-electron chi connectivity index (χ3n) is 3.96. The molecule has 2 aromatic heterocycles. The Morgan fingerprint density at radius 2 is 1.79 bits per heavy atom. The van der Waals surface area contributed by atoms with Gasteiger partial charge in [-0.2, -0.15) is 0 Å². The summed E-state index contributed by atoms with van der Waals surface area (Å²) in [6.07, 6.45) is 1.37. The highest BCUT2D eigenvalue weighted by Gasteiger charge is 2.23. The molecule has 0 aliphatic heterocycles. The summed E-state index contributed by atoms with van der Waals surface area (Å²) in [5, 5.41) is 5.64. The van der Waals surface area contributed by atoms with Crippen molar-refractivity contribution >= 4 is 45.8 Å². The van der Waals surface area contributed by atoms with Crippen LogP contribution in [0, 0.1) is 5.82 Å². The van der Waals surface area contributed by atoms with E-state index in [0.717, 1.165) is 6.07 Å². The molecule has 0 radical (unpaired) electrons. The van der Waals surface area contributed by atoms with E-state index >= 15 is 0 Å². The van der Waals surface area contributed by atoms with Crippen molar-refractivity contribution in [3.8, 4) is 0 Å². The highest BCUT2D eigenvalue weighted by atomic mass is 35.5. The number of amides is 2. The summed E-state index contributed by atoms with van der Waals surface area (Å²) in [6, 6.07) is 13.7. The van der Waals surface area contributed by atoms with E-state index in [0.29, 0.717) is 11.0 Å². The maximum atomic E-state index is 13.3. The molecule has 6 nitrogen and oxygen atoms in total. The second-order valence-corrected chi connectivity index (χ2v) is 6.22. The van der Waals surface area contributed by atoms with E-state index in [1.807, 2.05) is 0 Å². The summed E-state index contributed by atoms with van der Waals surface area (Å²) in [5.41, 5.74) is 0.891. The van der Waals surface area contributed by atoms with Crippen molar-refractivity contribution in [1.29, 1.82) is 0 Å². The average Bonchev–Trinajstić information content (AvgIpc) is 3.33. The molecule has 0 aliphatic rings. The zero-order valence-corrected chi connectivity index (χ0v) is 14.9. The highest BCUT2D eigenvalue weighted by Crippen LogP contribution is 2.32. The molecule has 2 heterocycles. The quantitative estimate of drug-likeness (QED) is 0.487. The number of benzene rings is 2. The molecule has 0 bridgehead atoms. The summed E-state index contributed by atoms with van der Waals surface area (Å²) in [4.78, 5) is 25.1. The van der Waals surface area contributed by atoms with Crippen LogP contribution in [-0.4, -0.2) is 11.8 Å². The van der Waals surface area contributed by atoms with Gasteiger partial charge in [-0.15, -0.1) is 0 Å². The molecule has 0 saturated heterocycles. The van der Waals surface area contributed by atoms with Crippen molar-refractivity contribution in [3.63, 3.8) is 0 Å². The standard InChI is InChI=1S/C20H12ClFN2O4/c21-13-10-11(7-8-14(13)22)23-20(26)18-17(12-4-1-2-5-15(12)28-18)24-19(25)16-6-3-9-27-16/h1-10H,(H,23,26)(H,24,25). The van der Waals surface area contributed by atoms with E-state index in [1.54, 1.807) is 30.3 Å². The number of nitrogens with one attached hydrogen (secondary N) is 2. The van der Waals surface area contributed by atoms with Crippen LogP contribution in [0.25, 0.3) is 11.0 Å². The van der Waals surface area contributed by atoms with Gasteiger partial charge in [0, 0.05) is 11.1 Å². The first-order chi connectivity index (χ1) is 13.5. The monoisotopic (exact) mass is 398 g/mol. The van der Waals surface area contributed by atoms with Gasteiger partial charge in [0.25, 0.3) is 11.8 Å². The van der Waals surface area contributed by atoms with Gasteiger partial charge >= 0.3 is 0 Å². The van der Waals surface area contributed by atoms with E-state index < -0.39 is 17.6 Å². The van der Waals surface area contributed by atoms with Crippen LogP contribution in [0.3, 0.4) is 0 Å². The smallest absolute Gasteiger partial charge is 0.293 e. The number of fused-ring (bicyclic) bond motifs is 1. The normalized spacial score (nSPS) is 10.8. The number of furan rings is 2. The predicted octanol–water partition coefficient (Wildman–Crippen LogP) is 5.32. The molecule has 2 amide bonds. The third-order valence-corrected chi connectivity index (χ3v) is 4.25. The fraction of sp³-hybridized carbons (Fsp3) is 0. The molecule has 0 unspecified atom stereocenters. The van der Waals surface area contributed by atoms with Crippen LogP contribution in [0.2, 0.25) is 5.02 Å². The first-order valence-electron chi connectivity index (χ1n) is 8.16. The Kier molecular flexibility index (Phi) is 4.58. The number of anilines is 2. The average molecular weight is 399 g/mol. The predicted molar refractivity (Wildman–Crippen MR) is 102 cm³/mol. The van der Waals surface area contributed by atoms with Gasteiger partial charge in [-0.1, -0.05) is 23.7 Å². The first kappa shape index (κ1) is 17.8. The van der Waals surface area contributed by atoms with E-state index in [-0.39, 0.29) is 27.9 Å².